The van der Waals surface area contributed by atoms with E-state index < -0.39 is 11.0 Å². The molecule has 2 rings (SSSR count). The summed E-state index contributed by atoms with van der Waals surface area (Å²) in [7, 11) is 0. The Morgan fingerprint density at radius 3 is 2.68 bits per heavy atom. The highest BCUT2D eigenvalue weighted by Gasteiger charge is 2.21. The van der Waals surface area contributed by atoms with Crippen LogP contribution in [-0.4, -0.2) is 22.1 Å². The summed E-state index contributed by atoms with van der Waals surface area (Å²) in [6.45, 7) is 2.16. The first-order chi connectivity index (χ1) is 9.06. The molecule has 1 aliphatic heterocycles. The van der Waals surface area contributed by atoms with Crippen molar-refractivity contribution in [1.29, 1.82) is 0 Å². The van der Waals surface area contributed by atoms with Crippen molar-refractivity contribution < 1.29 is 10.0 Å². The van der Waals surface area contributed by atoms with Crippen LogP contribution in [0.5, 0.6) is 0 Å². The second kappa shape index (κ2) is 6.12. The highest BCUT2D eigenvalue weighted by molar-refractivity contribution is 5.33. The minimum absolute atomic E-state index is 0.0559. The maximum Gasteiger partial charge on any atom is 0.269 e. The molecular formula is C14H20N2O3. The molecule has 0 saturated carbocycles. The maximum atomic E-state index is 10.6. The number of nitrogens with zero attached hydrogens (tertiary/aromatic N) is 1. The first-order valence-electron chi connectivity index (χ1n) is 6.74. The van der Waals surface area contributed by atoms with Gasteiger partial charge in [0.15, 0.2) is 0 Å². The summed E-state index contributed by atoms with van der Waals surface area (Å²) in [4.78, 5) is 10.1. The molecule has 3 atom stereocenters. The van der Waals surface area contributed by atoms with Gasteiger partial charge in [-0.2, -0.15) is 0 Å². The Balaban J connectivity index is 1.95. The van der Waals surface area contributed by atoms with Crippen LogP contribution < -0.4 is 5.32 Å². The van der Waals surface area contributed by atoms with Crippen LogP contribution in [0.25, 0.3) is 0 Å². The van der Waals surface area contributed by atoms with Gasteiger partial charge in [-0.15, -0.1) is 0 Å². The number of nitrogens with one attached hydrogen (secondary N) is 1. The van der Waals surface area contributed by atoms with Gasteiger partial charge in [-0.05, 0) is 43.9 Å². The van der Waals surface area contributed by atoms with Gasteiger partial charge in [0.05, 0.1) is 11.0 Å². The molecule has 0 amide bonds. The second-order valence-electron chi connectivity index (χ2n) is 5.30. The number of hydrogen-bond acceptors (Lipinski definition) is 4. The second-order valence-corrected chi connectivity index (χ2v) is 5.30. The minimum Gasteiger partial charge on any atom is -0.388 e. The number of benzene rings is 1. The highest BCUT2D eigenvalue weighted by atomic mass is 16.6. The average Bonchev–Trinajstić information content (AvgIpc) is 2.39. The average molecular weight is 264 g/mol. The number of nitro benzene ring substituents is 1. The van der Waals surface area contributed by atoms with Gasteiger partial charge in [-0.1, -0.05) is 6.42 Å². The molecule has 0 spiro atoms. The molecule has 1 heterocycles. The van der Waals surface area contributed by atoms with E-state index in [0.717, 1.165) is 12.0 Å². The molecule has 1 fully saturated rings. The van der Waals surface area contributed by atoms with Crippen molar-refractivity contribution in [2.24, 2.45) is 0 Å². The molecule has 3 unspecified atom stereocenters. The standard InChI is InChI=1S/C14H20N2O3/c1-10-3-2-4-12(15-10)9-14(17)11-5-7-13(8-6-11)16(18)19/h5-8,10,12,14-15,17H,2-4,9H2,1H3. The van der Waals surface area contributed by atoms with Crippen LogP contribution >= 0.6 is 0 Å². The maximum absolute atomic E-state index is 10.6. The quantitative estimate of drug-likeness (QED) is 0.647. The molecule has 1 aromatic carbocycles. The van der Waals surface area contributed by atoms with Gasteiger partial charge < -0.3 is 10.4 Å². The van der Waals surface area contributed by atoms with E-state index in [0.29, 0.717) is 18.5 Å². The van der Waals surface area contributed by atoms with Gasteiger partial charge in [0, 0.05) is 24.2 Å². The van der Waals surface area contributed by atoms with Crippen LogP contribution in [0.3, 0.4) is 0 Å². The zero-order chi connectivity index (χ0) is 13.8. The zero-order valence-corrected chi connectivity index (χ0v) is 11.1. The SMILES string of the molecule is CC1CCCC(CC(O)c2ccc([N+](=O)[O-])cc2)N1. The van der Waals surface area contributed by atoms with E-state index in [1.54, 1.807) is 12.1 Å². The molecule has 5 heteroatoms. The van der Waals surface area contributed by atoms with Gasteiger partial charge in [0.1, 0.15) is 0 Å². The summed E-state index contributed by atoms with van der Waals surface area (Å²) >= 11 is 0. The Hall–Kier alpha value is -1.46. The van der Waals surface area contributed by atoms with Crippen molar-refractivity contribution in [2.45, 2.75) is 50.8 Å². The molecular weight excluding hydrogens is 244 g/mol. The van der Waals surface area contributed by atoms with Gasteiger partial charge in [0.2, 0.25) is 0 Å². The molecule has 104 valence electrons. The summed E-state index contributed by atoms with van der Waals surface area (Å²) in [5.41, 5.74) is 0.797. The number of rotatable bonds is 4. The molecule has 2 N–H and O–H groups in total. The summed E-state index contributed by atoms with van der Waals surface area (Å²) in [5.74, 6) is 0. The lowest BCUT2D eigenvalue weighted by molar-refractivity contribution is -0.384. The van der Waals surface area contributed by atoms with Crippen molar-refractivity contribution in [3.63, 3.8) is 0 Å². The van der Waals surface area contributed by atoms with E-state index in [1.165, 1.54) is 25.0 Å². The summed E-state index contributed by atoms with van der Waals surface area (Å²) < 4.78 is 0. The van der Waals surface area contributed by atoms with Crippen LogP contribution in [0.15, 0.2) is 24.3 Å². The molecule has 0 bridgehead atoms. The number of aliphatic hydroxyl groups excluding tert-OH is 1. The Morgan fingerprint density at radius 2 is 2.11 bits per heavy atom. The monoisotopic (exact) mass is 264 g/mol. The largest absolute Gasteiger partial charge is 0.388 e. The van der Waals surface area contributed by atoms with Gasteiger partial charge in [0.25, 0.3) is 5.69 Å². The number of non-ortho nitro benzene ring substituents is 1. The third-order valence-electron chi connectivity index (χ3n) is 3.71. The summed E-state index contributed by atoms with van der Waals surface area (Å²) in [5, 5.41) is 24.2. The van der Waals surface area contributed by atoms with E-state index >= 15 is 0 Å². The summed E-state index contributed by atoms with van der Waals surface area (Å²) in [6, 6.07) is 6.98. The van der Waals surface area contributed by atoms with E-state index in [-0.39, 0.29) is 5.69 Å². The van der Waals surface area contributed by atoms with Crippen molar-refractivity contribution in [2.75, 3.05) is 0 Å². The van der Waals surface area contributed by atoms with Gasteiger partial charge in [-0.3, -0.25) is 10.1 Å². The first-order valence-corrected chi connectivity index (χ1v) is 6.74. The Kier molecular flexibility index (Phi) is 4.50. The van der Waals surface area contributed by atoms with Crippen LogP contribution in [0.2, 0.25) is 0 Å². The lowest BCUT2D eigenvalue weighted by atomic mass is 9.93. The van der Waals surface area contributed by atoms with E-state index in [1.807, 2.05) is 0 Å². The third kappa shape index (κ3) is 3.75. The highest BCUT2D eigenvalue weighted by Crippen LogP contribution is 2.24. The van der Waals surface area contributed by atoms with Crippen molar-refractivity contribution >= 4 is 5.69 Å². The number of aliphatic hydroxyl groups is 1. The fourth-order valence-corrected chi connectivity index (χ4v) is 2.65. The van der Waals surface area contributed by atoms with Crippen molar-refractivity contribution in [3.05, 3.63) is 39.9 Å². The third-order valence-corrected chi connectivity index (χ3v) is 3.71. The minimum atomic E-state index is -0.566. The van der Waals surface area contributed by atoms with E-state index in [4.69, 9.17) is 0 Å². The first kappa shape index (κ1) is 14.0. The Morgan fingerprint density at radius 1 is 1.42 bits per heavy atom. The van der Waals surface area contributed by atoms with Gasteiger partial charge >= 0.3 is 0 Å². The predicted molar refractivity (Wildman–Crippen MR) is 72.9 cm³/mol. The van der Waals surface area contributed by atoms with E-state index in [9.17, 15) is 15.2 Å². The number of piperidine rings is 1. The molecule has 1 aliphatic rings. The molecule has 0 aliphatic carbocycles. The molecule has 1 saturated heterocycles. The topological polar surface area (TPSA) is 75.4 Å². The Labute approximate surface area is 112 Å². The fraction of sp³-hybridized carbons (Fsp3) is 0.571. The molecule has 5 nitrogen and oxygen atoms in total. The molecule has 0 aromatic heterocycles. The van der Waals surface area contributed by atoms with Crippen molar-refractivity contribution in [1.82, 2.24) is 5.32 Å². The fourth-order valence-electron chi connectivity index (χ4n) is 2.65. The summed E-state index contributed by atoms with van der Waals surface area (Å²) in [6.07, 6.45) is 3.54. The zero-order valence-electron chi connectivity index (χ0n) is 11.1. The number of hydrogen-bond donors (Lipinski definition) is 2. The Bertz CT molecular complexity index is 433. The normalized spacial score (nSPS) is 24.9. The van der Waals surface area contributed by atoms with Crippen LogP contribution in [-0.2, 0) is 0 Å². The van der Waals surface area contributed by atoms with Crippen LogP contribution in [0, 0.1) is 10.1 Å². The van der Waals surface area contributed by atoms with Gasteiger partial charge in [-0.25, -0.2) is 0 Å². The molecule has 1 aromatic rings. The smallest absolute Gasteiger partial charge is 0.269 e. The van der Waals surface area contributed by atoms with Crippen LogP contribution in [0.1, 0.15) is 44.3 Å². The number of nitro groups is 1. The van der Waals surface area contributed by atoms with Crippen molar-refractivity contribution in [3.8, 4) is 0 Å². The van der Waals surface area contributed by atoms with E-state index in [2.05, 4.69) is 12.2 Å². The van der Waals surface area contributed by atoms with Crippen LogP contribution in [0.4, 0.5) is 5.69 Å². The molecule has 0 radical (unpaired) electrons. The lowest BCUT2D eigenvalue weighted by Crippen LogP contribution is -2.41. The lowest BCUT2D eigenvalue weighted by Gasteiger charge is -2.30. The molecule has 19 heavy (non-hydrogen) atoms. The predicted octanol–water partition coefficient (Wildman–Crippen LogP) is 2.55.